The van der Waals surface area contributed by atoms with E-state index in [9.17, 15) is 13.9 Å². The molecule has 0 fully saturated rings. The number of halogens is 3. The maximum atomic E-state index is 14.4. The summed E-state index contributed by atoms with van der Waals surface area (Å²) >= 11 is 5.72. The van der Waals surface area contributed by atoms with Gasteiger partial charge in [0.05, 0.1) is 0 Å². The Morgan fingerprint density at radius 2 is 1.75 bits per heavy atom. The molecule has 6 nitrogen and oxygen atoms in total. The zero-order valence-electron chi connectivity index (χ0n) is 18.3. The number of fused-ring (bicyclic) bond motifs is 1. The first-order chi connectivity index (χ1) is 15.0. The Labute approximate surface area is 189 Å². The highest BCUT2D eigenvalue weighted by atomic mass is 35.5. The molecule has 0 aliphatic carbocycles. The Morgan fingerprint density at radius 1 is 1.09 bits per heavy atom. The van der Waals surface area contributed by atoms with Crippen LogP contribution >= 0.6 is 11.6 Å². The van der Waals surface area contributed by atoms with Gasteiger partial charge in [0.25, 0.3) is 0 Å². The molecule has 0 saturated heterocycles. The zero-order chi connectivity index (χ0) is 23.4. The molecule has 0 aliphatic rings. The number of aryl methyl sites for hydroxylation is 1. The van der Waals surface area contributed by atoms with E-state index in [-0.39, 0.29) is 16.9 Å². The van der Waals surface area contributed by atoms with E-state index in [2.05, 4.69) is 10.2 Å². The van der Waals surface area contributed by atoms with Crippen molar-refractivity contribution in [3.05, 3.63) is 59.0 Å². The molecule has 2 aromatic heterocycles. The molecular weight excluding hydrogens is 438 g/mol. The molecule has 0 spiro atoms. The van der Waals surface area contributed by atoms with Crippen LogP contribution in [0, 0.1) is 11.6 Å². The summed E-state index contributed by atoms with van der Waals surface area (Å²) in [5, 5.41) is 20.4. The Hall–Kier alpha value is -3.13. The van der Waals surface area contributed by atoms with Crippen LogP contribution in [0.5, 0.6) is 11.6 Å². The Morgan fingerprint density at radius 3 is 2.38 bits per heavy atom. The third kappa shape index (κ3) is 3.68. The number of hydrogen-bond acceptors (Lipinski definition) is 4. The normalized spacial score (nSPS) is 12.2. The van der Waals surface area contributed by atoms with Crippen molar-refractivity contribution < 1.29 is 18.6 Å². The summed E-state index contributed by atoms with van der Waals surface area (Å²) in [6.07, 6.45) is 1.82. The second-order valence-electron chi connectivity index (χ2n) is 8.49. The summed E-state index contributed by atoms with van der Waals surface area (Å²) in [5.74, 6) is -1.15. The minimum absolute atomic E-state index is 0.0554. The number of hydrogen-bond donors (Lipinski definition) is 1. The molecular formula is C23H23ClF2N4O2. The molecule has 0 saturated carbocycles. The first-order valence-corrected chi connectivity index (χ1v) is 10.4. The second-order valence-corrected chi connectivity index (χ2v) is 8.92. The Balaban J connectivity index is 1.80. The van der Waals surface area contributed by atoms with Crippen molar-refractivity contribution in [2.24, 2.45) is 7.05 Å². The van der Waals surface area contributed by atoms with Crippen LogP contribution in [0.1, 0.15) is 39.6 Å². The van der Waals surface area contributed by atoms with E-state index >= 15 is 0 Å². The third-order valence-corrected chi connectivity index (χ3v) is 5.51. The topological polar surface area (TPSA) is 65.1 Å². The monoisotopic (exact) mass is 460 g/mol. The predicted octanol–water partition coefficient (Wildman–Crippen LogP) is 5.97. The molecule has 0 radical (unpaired) electrons. The lowest BCUT2D eigenvalue weighted by Gasteiger charge is -2.28. The van der Waals surface area contributed by atoms with E-state index in [4.69, 9.17) is 16.3 Å². The molecule has 1 N–H and O–H groups in total. The number of benzene rings is 2. The van der Waals surface area contributed by atoms with Crippen molar-refractivity contribution in [2.75, 3.05) is 0 Å². The fourth-order valence-corrected chi connectivity index (χ4v) is 3.98. The van der Waals surface area contributed by atoms with Crippen LogP contribution in [0.3, 0.4) is 0 Å². The van der Waals surface area contributed by atoms with Crippen LogP contribution in [0.4, 0.5) is 8.78 Å². The second kappa shape index (κ2) is 7.78. The van der Waals surface area contributed by atoms with Gasteiger partial charge in [-0.25, -0.2) is 8.78 Å². The van der Waals surface area contributed by atoms with Gasteiger partial charge in [0.1, 0.15) is 0 Å². The van der Waals surface area contributed by atoms with Gasteiger partial charge in [0, 0.05) is 40.6 Å². The standard InChI is InChI=1S/C23H23ClF2N4O2/c1-12(2)30-20(13-6-7-16-14(8-13)11-29(5)21(16)31)27-28-22(30)23(3,4)32-19-17(25)9-15(24)10-18(19)26/h6-12,31H,1-5H3. The fraction of sp³-hybridized carbons (Fsp3) is 0.304. The van der Waals surface area contributed by atoms with Gasteiger partial charge in [-0.15, -0.1) is 10.2 Å². The molecule has 0 unspecified atom stereocenters. The summed E-state index contributed by atoms with van der Waals surface area (Å²) in [7, 11) is 1.76. The van der Waals surface area contributed by atoms with E-state index in [1.165, 1.54) is 0 Å². The van der Waals surface area contributed by atoms with Gasteiger partial charge in [-0.3, -0.25) is 0 Å². The predicted molar refractivity (Wildman–Crippen MR) is 119 cm³/mol. The van der Waals surface area contributed by atoms with Gasteiger partial charge in [-0.1, -0.05) is 17.7 Å². The highest BCUT2D eigenvalue weighted by molar-refractivity contribution is 6.30. The van der Waals surface area contributed by atoms with E-state index in [0.29, 0.717) is 11.6 Å². The minimum Gasteiger partial charge on any atom is -0.494 e. The highest BCUT2D eigenvalue weighted by Gasteiger charge is 2.34. The molecule has 2 heterocycles. The van der Waals surface area contributed by atoms with Crippen LogP contribution in [-0.2, 0) is 12.6 Å². The highest BCUT2D eigenvalue weighted by Crippen LogP contribution is 2.36. The molecule has 0 aliphatic heterocycles. The van der Waals surface area contributed by atoms with Crippen molar-refractivity contribution in [3.8, 4) is 23.0 Å². The van der Waals surface area contributed by atoms with Crippen molar-refractivity contribution in [3.63, 3.8) is 0 Å². The molecule has 4 aromatic rings. The van der Waals surface area contributed by atoms with Gasteiger partial charge in [-0.05, 0) is 52.0 Å². The fourth-order valence-electron chi connectivity index (χ4n) is 3.79. The average Bonchev–Trinajstić information content (AvgIpc) is 3.27. The van der Waals surface area contributed by atoms with Crippen LogP contribution in [0.15, 0.2) is 36.5 Å². The molecule has 9 heteroatoms. The quantitative estimate of drug-likeness (QED) is 0.398. The van der Waals surface area contributed by atoms with Gasteiger partial charge < -0.3 is 19.0 Å². The van der Waals surface area contributed by atoms with Gasteiger partial charge in [-0.2, -0.15) is 0 Å². The van der Waals surface area contributed by atoms with Gasteiger partial charge in [0.2, 0.25) is 0 Å². The molecule has 4 rings (SSSR count). The van der Waals surface area contributed by atoms with E-state index in [1.54, 1.807) is 25.5 Å². The SMILES string of the molecule is CC(C)n1c(-c2ccc3c(O)n(C)cc3c2)nnc1C(C)(C)Oc1c(F)cc(Cl)cc1F. The van der Waals surface area contributed by atoms with E-state index in [1.807, 2.05) is 42.8 Å². The number of aromatic nitrogens is 4. The van der Waals surface area contributed by atoms with Gasteiger partial charge in [0.15, 0.2) is 40.5 Å². The molecule has 2 aromatic carbocycles. The van der Waals surface area contributed by atoms with Crippen molar-refractivity contribution in [1.29, 1.82) is 0 Å². The maximum absolute atomic E-state index is 14.4. The lowest BCUT2D eigenvalue weighted by molar-refractivity contribution is 0.0814. The van der Waals surface area contributed by atoms with E-state index < -0.39 is 23.0 Å². The number of aromatic hydroxyl groups is 1. The first-order valence-electron chi connectivity index (χ1n) is 10.1. The van der Waals surface area contributed by atoms with Crippen molar-refractivity contribution in [2.45, 2.75) is 39.3 Å². The van der Waals surface area contributed by atoms with Crippen molar-refractivity contribution in [1.82, 2.24) is 19.3 Å². The minimum atomic E-state index is -1.21. The zero-order valence-corrected chi connectivity index (χ0v) is 19.1. The summed E-state index contributed by atoms with van der Waals surface area (Å²) < 4.78 is 38.0. The molecule has 168 valence electrons. The molecule has 0 amide bonds. The summed E-state index contributed by atoms with van der Waals surface area (Å²) in [6, 6.07) is 7.50. The molecule has 0 atom stereocenters. The van der Waals surface area contributed by atoms with E-state index in [0.717, 1.165) is 28.5 Å². The molecule has 32 heavy (non-hydrogen) atoms. The number of nitrogens with zero attached hydrogens (tertiary/aromatic N) is 4. The van der Waals surface area contributed by atoms with Gasteiger partial charge >= 0.3 is 0 Å². The Bertz CT molecular complexity index is 1300. The average molecular weight is 461 g/mol. The summed E-state index contributed by atoms with van der Waals surface area (Å²) in [5.41, 5.74) is -0.421. The lowest BCUT2D eigenvalue weighted by atomic mass is 10.1. The van der Waals surface area contributed by atoms with Crippen LogP contribution < -0.4 is 4.74 Å². The summed E-state index contributed by atoms with van der Waals surface area (Å²) in [6.45, 7) is 7.27. The Kier molecular flexibility index (Phi) is 5.36. The number of ether oxygens (including phenoxy) is 1. The third-order valence-electron chi connectivity index (χ3n) is 5.29. The lowest BCUT2D eigenvalue weighted by Crippen LogP contribution is -2.31. The largest absolute Gasteiger partial charge is 0.494 e. The summed E-state index contributed by atoms with van der Waals surface area (Å²) in [4.78, 5) is 0. The number of rotatable bonds is 5. The maximum Gasteiger partial charge on any atom is 0.198 e. The van der Waals surface area contributed by atoms with Crippen LogP contribution in [0.25, 0.3) is 22.2 Å². The molecule has 0 bridgehead atoms. The van der Waals surface area contributed by atoms with Crippen LogP contribution in [-0.4, -0.2) is 24.4 Å². The van der Waals surface area contributed by atoms with Crippen LogP contribution in [0.2, 0.25) is 5.02 Å². The first kappa shape index (κ1) is 22.1. The van der Waals surface area contributed by atoms with Crippen molar-refractivity contribution >= 4 is 22.4 Å². The smallest absolute Gasteiger partial charge is 0.198 e.